The van der Waals surface area contributed by atoms with Gasteiger partial charge in [-0.15, -0.1) is 0 Å². The molecule has 0 saturated carbocycles. The third kappa shape index (κ3) is 4.33. The molecule has 0 amide bonds. The standard InChI is InChI=1S/C20H16FN5O/c21-17-4-1-14(2-5-17)11-19-25-20(27-26-19)16-3-6-18(24-13-16)23-12-15-7-9-22-10-8-15/h1-10,13H,11-12H2,(H,23,24). The largest absolute Gasteiger partial charge is 0.366 e. The number of aromatic nitrogens is 4. The van der Waals surface area contributed by atoms with Crippen molar-refractivity contribution < 1.29 is 8.91 Å². The van der Waals surface area contributed by atoms with Gasteiger partial charge in [0.1, 0.15) is 11.6 Å². The number of nitrogens with zero attached hydrogens (tertiary/aromatic N) is 4. The number of benzene rings is 1. The smallest absolute Gasteiger partial charge is 0.259 e. The molecule has 0 aliphatic rings. The SMILES string of the molecule is Fc1ccc(Cc2noc(-c3ccc(NCc4ccncc4)nc3)n2)cc1. The minimum Gasteiger partial charge on any atom is -0.366 e. The van der Waals surface area contributed by atoms with Crippen molar-refractivity contribution in [2.24, 2.45) is 0 Å². The van der Waals surface area contributed by atoms with Crippen LogP contribution in [0.15, 0.2) is 71.6 Å². The van der Waals surface area contributed by atoms with Gasteiger partial charge in [-0.1, -0.05) is 17.3 Å². The summed E-state index contributed by atoms with van der Waals surface area (Å²) in [6, 6.07) is 13.9. The van der Waals surface area contributed by atoms with Crippen molar-refractivity contribution in [2.75, 3.05) is 5.32 Å². The van der Waals surface area contributed by atoms with E-state index in [1.165, 1.54) is 12.1 Å². The fourth-order valence-corrected chi connectivity index (χ4v) is 2.55. The molecule has 0 bridgehead atoms. The van der Waals surface area contributed by atoms with Crippen molar-refractivity contribution in [3.63, 3.8) is 0 Å². The number of pyridine rings is 2. The van der Waals surface area contributed by atoms with Gasteiger partial charge in [-0.05, 0) is 47.5 Å². The molecule has 7 heteroatoms. The van der Waals surface area contributed by atoms with Crippen molar-refractivity contribution in [1.82, 2.24) is 20.1 Å². The third-order valence-electron chi connectivity index (χ3n) is 3.98. The van der Waals surface area contributed by atoms with Crippen molar-refractivity contribution in [2.45, 2.75) is 13.0 Å². The molecule has 0 unspecified atom stereocenters. The van der Waals surface area contributed by atoms with Gasteiger partial charge in [0.15, 0.2) is 5.82 Å². The Morgan fingerprint density at radius 2 is 1.74 bits per heavy atom. The summed E-state index contributed by atoms with van der Waals surface area (Å²) in [6.07, 6.45) is 5.67. The Labute approximate surface area is 155 Å². The number of hydrogen-bond donors (Lipinski definition) is 1. The first kappa shape index (κ1) is 16.8. The van der Waals surface area contributed by atoms with Crippen molar-refractivity contribution in [1.29, 1.82) is 0 Å². The molecule has 4 aromatic rings. The highest BCUT2D eigenvalue weighted by Gasteiger charge is 2.10. The van der Waals surface area contributed by atoms with Crippen molar-refractivity contribution in [3.8, 4) is 11.5 Å². The van der Waals surface area contributed by atoms with E-state index in [0.717, 1.165) is 22.5 Å². The zero-order valence-corrected chi connectivity index (χ0v) is 14.3. The quantitative estimate of drug-likeness (QED) is 0.562. The molecule has 3 aromatic heterocycles. The highest BCUT2D eigenvalue weighted by Crippen LogP contribution is 2.19. The van der Waals surface area contributed by atoms with Crippen molar-refractivity contribution in [3.05, 3.63) is 89.9 Å². The maximum Gasteiger partial charge on any atom is 0.259 e. The van der Waals surface area contributed by atoms with Gasteiger partial charge in [0.25, 0.3) is 5.89 Å². The molecular weight excluding hydrogens is 345 g/mol. The second-order valence-corrected chi connectivity index (χ2v) is 5.96. The molecule has 0 radical (unpaired) electrons. The summed E-state index contributed by atoms with van der Waals surface area (Å²) in [5, 5.41) is 7.23. The van der Waals surface area contributed by atoms with Crippen LogP contribution in [0.3, 0.4) is 0 Å². The van der Waals surface area contributed by atoms with Gasteiger partial charge in [0, 0.05) is 31.6 Å². The lowest BCUT2D eigenvalue weighted by molar-refractivity contribution is 0.424. The van der Waals surface area contributed by atoms with Crippen LogP contribution in [0.4, 0.5) is 10.2 Å². The zero-order valence-electron chi connectivity index (χ0n) is 14.3. The van der Waals surface area contributed by atoms with Gasteiger partial charge in [-0.25, -0.2) is 9.37 Å². The van der Waals surface area contributed by atoms with Crippen LogP contribution in [-0.4, -0.2) is 20.1 Å². The van der Waals surface area contributed by atoms with E-state index < -0.39 is 0 Å². The van der Waals surface area contributed by atoms with E-state index in [4.69, 9.17) is 4.52 Å². The number of anilines is 1. The lowest BCUT2D eigenvalue weighted by Gasteiger charge is -2.05. The average Bonchev–Trinajstić information content (AvgIpc) is 3.18. The molecule has 27 heavy (non-hydrogen) atoms. The summed E-state index contributed by atoms with van der Waals surface area (Å²) >= 11 is 0. The maximum absolute atomic E-state index is 13.0. The van der Waals surface area contributed by atoms with E-state index in [2.05, 4.69) is 25.4 Å². The number of hydrogen-bond acceptors (Lipinski definition) is 6. The van der Waals surface area contributed by atoms with E-state index in [1.807, 2.05) is 24.3 Å². The summed E-state index contributed by atoms with van der Waals surface area (Å²) in [6.45, 7) is 0.664. The first-order valence-corrected chi connectivity index (χ1v) is 8.42. The minimum atomic E-state index is -0.267. The van der Waals surface area contributed by atoms with Gasteiger partial charge in [-0.3, -0.25) is 4.98 Å². The lowest BCUT2D eigenvalue weighted by Crippen LogP contribution is -2.01. The fourth-order valence-electron chi connectivity index (χ4n) is 2.55. The Bertz CT molecular complexity index is 1000. The number of halogens is 1. The predicted molar refractivity (Wildman–Crippen MR) is 98.3 cm³/mol. The molecule has 6 nitrogen and oxygen atoms in total. The molecule has 0 atom stereocenters. The van der Waals surface area contributed by atoms with Crippen LogP contribution in [0.5, 0.6) is 0 Å². The Hall–Kier alpha value is -3.61. The van der Waals surface area contributed by atoms with Crippen LogP contribution in [0.1, 0.15) is 17.0 Å². The summed E-state index contributed by atoms with van der Waals surface area (Å²) in [4.78, 5) is 12.8. The Morgan fingerprint density at radius 1 is 0.926 bits per heavy atom. The second kappa shape index (κ2) is 7.74. The molecule has 0 aliphatic heterocycles. The van der Waals surface area contributed by atoms with Gasteiger partial charge in [0.05, 0.1) is 5.56 Å². The fraction of sp³-hybridized carbons (Fsp3) is 0.100. The highest BCUT2D eigenvalue weighted by molar-refractivity contribution is 5.54. The summed E-state index contributed by atoms with van der Waals surface area (Å²) in [5.41, 5.74) is 2.78. The van der Waals surface area contributed by atoms with Crippen LogP contribution in [0.2, 0.25) is 0 Å². The predicted octanol–water partition coefficient (Wildman–Crippen LogP) is 3.87. The highest BCUT2D eigenvalue weighted by atomic mass is 19.1. The van der Waals surface area contributed by atoms with Crippen molar-refractivity contribution >= 4 is 5.82 Å². The van der Waals surface area contributed by atoms with Gasteiger partial charge in [-0.2, -0.15) is 4.98 Å². The van der Waals surface area contributed by atoms with Gasteiger partial charge in [0.2, 0.25) is 0 Å². The molecule has 3 heterocycles. The maximum atomic E-state index is 13.0. The number of rotatable bonds is 6. The Morgan fingerprint density at radius 3 is 2.48 bits per heavy atom. The summed E-state index contributed by atoms with van der Waals surface area (Å²) in [7, 11) is 0. The molecule has 134 valence electrons. The third-order valence-corrected chi connectivity index (χ3v) is 3.98. The topological polar surface area (TPSA) is 76.7 Å². The van der Waals surface area contributed by atoms with Gasteiger partial charge >= 0.3 is 0 Å². The molecular formula is C20H16FN5O. The van der Waals surface area contributed by atoms with E-state index in [9.17, 15) is 4.39 Å². The lowest BCUT2D eigenvalue weighted by atomic mass is 10.1. The molecule has 0 spiro atoms. The van der Waals surface area contributed by atoms with Crippen LogP contribution >= 0.6 is 0 Å². The molecule has 0 aliphatic carbocycles. The van der Waals surface area contributed by atoms with E-state index in [1.54, 1.807) is 30.7 Å². The summed E-state index contributed by atoms with van der Waals surface area (Å²) in [5.74, 6) is 1.43. The monoisotopic (exact) mass is 361 g/mol. The summed E-state index contributed by atoms with van der Waals surface area (Å²) < 4.78 is 18.3. The molecule has 0 saturated heterocycles. The minimum absolute atomic E-state index is 0.267. The molecule has 4 rings (SSSR count). The average molecular weight is 361 g/mol. The normalized spacial score (nSPS) is 10.7. The second-order valence-electron chi connectivity index (χ2n) is 5.96. The molecule has 0 fully saturated rings. The van der Waals surface area contributed by atoms with Crippen LogP contribution in [0.25, 0.3) is 11.5 Å². The van der Waals surface area contributed by atoms with E-state index in [0.29, 0.717) is 24.7 Å². The number of nitrogens with one attached hydrogen (secondary N) is 1. The first-order chi connectivity index (χ1) is 13.3. The first-order valence-electron chi connectivity index (χ1n) is 8.42. The Kier molecular flexibility index (Phi) is 4.82. The van der Waals surface area contributed by atoms with Gasteiger partial charge < -0.3 is 9.84 Å². The molecule has 1 aromatic carbocycles. The van der Waals surface area contributed by atoms with E-state index >= 15 is 0 Å². The zero-order chi connectivity index (χ0) is 18.5. The Balaban J connectivity index is 1.40. The van der Waals surface area contributed by atoms with Crippen LogP contribution in [0, 0.1) is 5.82 Å². The van der Waals surface area contributed by atoms with Crippen LogP contribution in [-0.2, 0) is 13.0 Å². The van der Waals surface area contributed by atoms with E-state index in [-0.39, 0.29) is 5.82 Å². The van der Waals surface area contributed by atoms with Crippen LogP contribution < -0.4 is 5.32 Å². The molecule has 1 N–H and O–H groups in total.